The van der Waals surface area contributed by atoms with Gasteiger partial charge in [0.2, 0.25) is 5.91 Å². The van der Waals surface area contributed by atoms with E-state index in [0.29, 0.717) is 34.2 Å². The second kappa shape index (κ2) is 7.10. The molecule has 138 valence electrons. The van der Waals surface area contributed by atoms with Gasteiger partial charge in [-0.05, 0) is 47.7 Å². The standard InChI is InChI=1S/C21H16Cl2FNO2/c22-13-3-6-15(17(23)9-13)16-10-20(27)25-18-7-12(8-19(26)21(16)18)11-1-4-14(24)5-2-11/h1-6,9,12,16H,7-8,10H2,(H,25,27)/t12-,16+/m0/s1. The van der Waals surface area contributed by atoms with Crippen LogP contribution < -0.4 is 5.32 Å². The molecule has 2 aliphatic rings. The van der Waals surface area contributed by atoms with E-state index in [1.165, 1.54) is 12.1 Å². The summed E-state index contributed by atoms with van der Waals surface area (Å²) in [5.74, 6) is -0.931. The lowest BCUT2D eigenvalue weighted by Gasteiger charge is -2.34. The van der Waals surface area contributed by atoms with Crippen LogP contribution in [0.25, 0.3) is 0 Å². The summed E-state index contributed by atoms with van der Waals surface area (Å²) in [6.45, 7) is 0. The molecule has 0 aromatic heterocycles. The summed E-state index contributed by atoms with van der Waals surface area (Å²) in [5.41, 5.74) is 2.89. The van der Waals surface area contributed by atoms with E-state index in [-0.39, 0.29) is 35.8 Å². The number of hydrogen-bond donors (Lipinski definition) is 1. The smallest absolute Gasteiger partial charge is 0.225 e. The molecule has 0 bridgehead atoms. The molecule has 0 radical (unpaired) electrons. The Kier molecular flexibility index (Phi) is 4.79. The molecule has 6 heteroatoms. The van der Waals surface area contributed by atoms with E-state index in [2.05, 4.69) is 5.32 Å². The van der Waals surface area contributed by atoms with Crippen molar-refractivity contribution in [3.8, 4) is 0 Å². The van der Waals surface area contributed by atoms with E-state index in [4.69, 9.17) is 23.2 Å². The van der Waals surface area contributed by atoms with Gasteiger partial charge in [0.05, 0.1) is 0 Å². The summed E-state index contributed by atoms with van der Waals surface area (Å²) in [6, 6.07) is 11.3. The van der Waals surface area contributed by atoms with Crippen molar-refractivity contribution >= 4 is 34.9 Å². The van der Waals surface area contributed by atoms with Gasteiger partial charge in [0.15, 0.2) is 5.78 Å². The Morgan fingerprint density at radius 1 is 0.963 bits per heavy atom. The van der Waals surface area contributed by atoms with Crippen molar-refractivity contribution < 1.29 is 14.0 Å². The third-order valence-corrected chi connectivity index (χ3v) is 5.78. The first-order chi connectivity index (χ1) is 12.9. The summed E-state index contributed by atoms with van der Waals surface area (Å²) in [5, 5.41) is 3.82. The zero-order valence-electron chi connectivity index (χ0n) is 14.3. The van der Waals surface area contributed by atoms with Crippen molar-refractivity contribution in [3.63, 3.8) is 0 Å². The highest BCUT2D eigenvalue weighted by molar-refractivity contribution is 6.35. The largest absolute Gasteiger partial charge is 0.329 e. The summed E-state index contributed by atoms with van der Waals surface area (Å²) >= 11 is 12.3. The van der Waals surface area contributed by atoms with Gasteiger partial charge >= 0.3 is 0 Å². The highest BCUT2D eigenvalue weighted by atomic mass is 35.5. The van der Waals surface area contributed by atoms with Gasteiger partial charge in [-0.25, -0.2) is 4.39 Å². The van der Waals surface area contributed by atoms with Gasteiger partial charge in [-0.2, -0.15) is 0 Å². The molecular weight excluding hydrogens is 388 g/mol. The van der Waals surface area contributed by atoms with Crippen LogP contribution in [-0.2, 0) is 9.59 Å². The molecule has 3 nitrogen and oxygen atoms in total. The van der Waals surface area contributed by atoms with Crippen LogP contribution in [-0.4, -0.2) is 11.7 Å². The number of halogens is 3. The molecule has 1 N–H and O–H groups in total. The average Bonchev–Trinajstić information content (AvgIpc) is 2.61. The maximum atomic E-state index is 13.2. The fourth-order valence-electron chi connectivity index (χ4n) is 3.98. The summed E-state index contributed by atoms with van der Waals surface area (Å²) in [7, 11) is 0. The fraction of sp³-hybridized carbons (Fsp3) is 0.238. The van der Waals surface area contributed by atoms with Crippen LogP contribution in [0.4, 0.5) is 4.39 Å². The lowest BCUT2D eigenvalue weighted by Crippen LogP contribution is -2.38. The van der Waals surface area contributed by atoms with Gasteiger partial charge in [0, 0.05) is 40.1 Å². The SMILES string of the molecule is O=C1C[C@H](c2ccc(Cl)cc2Cl)C2=C(C[C@H](c3ccc(F)cc3)CC2=O)N1. The van der Waals surface area contributed by atoms with E-state index in [0.717, 1.165) is 11.1 Å². The number of ketones is 1. The maximum absolute atomic E-state index is 13.2. The number of hydrogen-bond acceptors (Lipinski definition) is 2. The Morgan fingerprint density at radius 3 is 2.41 bits per heavy atom. The van der Waals surface area contributed by atoms with Crippen LogP contribution in [0.3, 0.4) is 0 Å². The fourth-order valence-corrected chi connectivity index (χ4v) is 4.52. The second-order valence-electron chi connectivity index (χ2n) is 6.94. The number of carbonyl (C=O) groups excluding carboxylic acids is 2. The first-order valence-corrected chi connectivity index (χ1v) is 9.44. The van der Waals surface area contributed by atoms with Crippen LogP contribution >= 0.6 is 23.2 Å². The molecule has 1 amide bonds. The maximum Gasteiger partial charge on any atom is 0.225 e. The Balaban J connectivity index is 1.73. The van der Waals surface area contributed by atoms with Crippen LogP contribution in [0, 0.1) is 5.82 Å². The Morgan fingerprint density at radius 2 is 1.70 bits per heavy atom. The van der Waals surface area contributed by atoms with Crippen molar-refractivity contribution in [1.29, 1.82) is 0 Å². The third-order valence-electron chi connectivity index (χ3n) is 5.22. The molecule has 2 atom stereocenters. The quantitative estimate of drug-likeness (QED) is 0.754. The average molecular weight is 404 g/mol. The normalized spacial score (nSPS) is 22.5. The highest BCUT2D eigenvalue weighted by Crippen LogP contribution is 2.44. The molecule has 0 saturated heterocycles. The van der Waals surface area contributed by atoms with E-state index in [1.807, 2.05) is 0 Å². The van der Waals surface area contributed by atoms with E-state index < -0.39 is 0 Å². The van der Waals surface area contributed by atoms with Crippen LogP contribution in [0.1, 0.15) is 42.2 Å². The first-order valence-electron chi connectivity index (χ1n) is 8.69. The number of nitrogens with one attached hydrogen (secondary N) is 1. The molecule has 0 spiro atoms. The molecule has 27 heavy (non-hydrogen) atoms. The molecular formula is C21H16Cl2FNO2. The number of amides is 1. The summed E-state index contributed by atoms with van der Waals surface area (Å²) < 4.78 is 13.2. The monoisotopic (exact) mass is 403 g/mol. The number of allylic oxidation sites excluding steroid dienone is 2. The molecule has 2 aromatic rings. The molecule has 0 fully saturated rings. The van der Waals surface area contributed by atoms with Crippen LogP contribution in [0.15, 0.2) is 53.7 Å². The summed E-state index contributed by atoms with van der Waals surface area (Å²) in [4.78, 5) is 25.3. The minimum absolute atomic E-state index is 0.0124. The van der Waals surface area contributed by atoms with Gasteiger partial charge in [-0.1, -0.05) is 41.4 Å². The lowest BCUT2D eigenvalue weighted by atomic mass is 9.73. The van der Waals surface area contributed by atoms with Gasteiger partial charge < -0.3 is 5.32 Å². The highest BCUT2D eigenvalue weighted by Gasteiger charge is 2.38. The van der Waals surface area contributed by atoms with E-state index in [9.17, 15) is 14.0 Å². The topological polar surface area (TPSA) is 46.2 Å². The summed E-state index contributed by atoms with van der Waals surface area (Å²) in [6.07, 6.45) is 1.02. The van der Waals surface area contributed by atoms with Crippen LogP contribution in [0.2, 0.25) is 10.0 Å². The Bertz CT molecular complexity index is 969. The lowest BCUT2D eigenvalue weighted by molar-refractivity contribution is -0.122. The predicted octanol–water partition coefficient (Wildman–Crippen LogP) is 5.14. The first kappa shape index (κ1) is 18.2. The number of Topliss-reactive ketones (excluding diaryl/α,β-unsaturated/α-hetero) is 1. The molecule has 1 heterocycles. The van der Waals surface area contributed by atoms with Gasteiger partial charge in [0.1, 0.15) is 5.82 Å². The molecule has 1 aliphatic carbocycles. The molecule has 2 aromatic carbocycles. The minimum atomic E-state index is -0.375. The van der Waals surface area contributed by atoms with Gasteiger partial charge in [-0.15, -0.1) is 0 Å². The van der Waals surface area contributed by atoms with Crippen molar-refractivity contribution in [2.24, 2.45) is 0 Å². The third kappa shape index (κ3) is 3.52. The minimum Gasteiger partial charge on any atom is -0.329 e. The Hall–Kier alpha value is -2.17. The molecule has 0 saturated carbocycles. The van der Waals surface area contributed by atoms with Crippen molar-refractivity contribution in [2.75, 3.05) is 0 Å². The van der Waals surface area contributed by atoms with Crippen molar-refractivity contribution in [1.82, 2.24) is 5.32 Å². The number of rotatable bonds is 2. The van der Waals surface area contributed by atoms with E-state index >= 15 is 0 Å². The zero-order chi connectivity index (χ0) is 19.1. The molecule has 4 rings (SSSR count). The van der Waals surface area contributed by atoms with E-state index in [1.54, 1.807) is 30.3 Å². The van der Waals surface area contributed by atoms with Crippen molar-refractivity contribution in [2.45, 2.75) is 31.1 Å². The number of benzene rings is 2. The van der Waals surface area contributed by atoms with Gasteiger partial charge in [-0.3, -0.25) is 9.59 Å². The molecule has 0 unspecified atom stereocenters. The predicted molar refractivity (Wildman–Crippen MR) is 102 cm³/mol. The van der Waals surface area contributed by atoms with Crippen LogP contribution in [0.5, 0.6) is 0 Å². The van der Waals surface area contributed by atoms with Crippen molar-refractivity contribution in [3.05, 3.63) is 80.7 Å². The Labute approximate surface area is 166 Å². The van der Waals surface area contributed by atoms with Gasteiger partial charge in [0.25, 0.3) is 0 Å². The second-order valence-corrected chi connectivity index (χ2v) is 7.79. The number of carbonyl (C=O) groups is 2. The zero-order valence-corrected chi connectivity index (χ0v) is 15.8. The molecule has 1 aliphatic heterocycles.